The Hall–Kier alpha value is -6.21. The van der Waals surface area contributed by atoms with Crippen LogP contribution in [0, 0.1) is 0 Å². The van der Waals surface area contributed by atoms with E-state index in [4.69, 9.17) is 9.72 Å². The molecule has 0 aliphatic carbocycles. The second-order valence-electron chi connectivity index (χ2n) is 15.3. The first kappa shape index (κ1) is 34.3. The summed E-state index contributed by atoms with van der Waals surface area (Å²) in [4.78, 5) is 9.72. The average Bonchev–Trinajstić information content (AvgIpc) is 3.98. The molecule has 0 bridgehead atoms. The van der Waals surface area contributed by atoms with E-state index in [-0.39, 0.29) is 5.41 Å². The van der Waals surface area contributed by atoms with E-state index < -0.39 is 0 Å². The van der Waals surface area contributed by atoms with Gasteiger partial charge in [0.15, 0.2) is 5.06 Å². The lowest BCUT2D eigenvalue weighted by atomic mass is 9.86. The van der Waals surface area contributed by atoms with Gasteiger partial charge in [0.1, 0.15) is 12.4 Å². The molecule has 56 heavy (non-hydrogen) atoms. The van der Waals surface area contributed by atoms with E-state index in [0.717, 1.165) is 33.4 Å². The number of para-hydroxylation sites is 3. The molecule has 0 atom stereocenters. The summed E-state index contributed by atoms with van der Waals surface area (Å²) >= 11 is 3.49. The molecular formula is C50H39N3OS2. The van der Waals surface area contributed by atoms with Crippen molar-refractivity contribution in [2.75, 3.05) is 16.5 Å². The first-order valence-corrected chi connectivity index (χ1v) is 20.7. The monoisotopic (exact) mass is 761 g/mol. The van der Waals surface area contributed by atoms with Crippen LogP contribution in [0.4, 0.5) is 22.7 Å². The van der Waals surface area contributed by atoms with Crippen molar-refractivity contribution in [1.29, 1.82) is 0 Å². The molecule has 3 aromatic heterocycles. The van der Waals surface area contributed by atoms with Gasteiger partial charge in [-0.25, -0.2) is 0 Å². The molecule has 6 heteroatoms. The minimum Gasteiger partial charge on any atom is -0.447 e. The molecule has 0 N–H and O–H groups in total. The fourth-order valence-corrected chi connectivity index (χ4v) is 9.99. The van der Waals surface area contributed by atoms with Gasteiger partial charge in [0.05, 0.1) is 32.2 Å². The number of nitrogens with zero attached hydrogens (tertiary/aromatic N) is 3. The first-order chi connectivity index (χ1) is 27.4. The standard InChI is InChI=1S/C50H39N3OS2/c1-50(2,3)36-24-26-51-43(29-36)41-28-35-25-27-55-48(35)49-42(41)31-46(56-49)54-38-19-12-18-37(30-38)52-32-53(45-23-11-10-22-44(45)52)47-39(33-14-6-4-7-15-33)20-13-21-40(47)34-16-8-5-9-17-34/h4-31H,32H2,1-3H3. The maximum absolute atomic E-state index is 6.77. The summed E-state index contributed by atoms with van der Waals surface area (Å²) in [5.74, 6) is 0.802. The number of rotatable bonds is 7. The van der Waals surface area contributed by atoms with Gasteiger partial charge in [-0.1, -0.05) is 129 Å². The van der Waals surface area contributed by atoms with E-state index in [9.17, 15) is 0 Å². The van der Waals surface area contributed by atoms with Crippen LogP contribution in [-0.4, -0.2) is 11.7 Å². The van der Waals surface area contributed by atoms with Crippen molar-refractivity contribution in [2.24, 2.45) is 0 Å². The molecule has 0 saturated heterocycles. The van der Waals surface area contributed by atoms with Crippen LogP contribution in [0.25, 0.3) is 53.7 Å². The normalized spacial score (nSPS) is 12.8. The lowest BCUT2D eigenvalue weighted by molar-refractivity contribution is 0.497. The Bertz CT molecular complexity index is 2810. The van der Waals surface area contributed by atoms with Gasteiger partial charge < -0.3 is 14.5 Å². The summed E-state index contributed by atoms with van der Waals surface area (Å²) in [6.45, 7) is 7.39. The van der Waals surface area contributed by atoms with Gasteiger partial charge in [0.2, 0.25) is 0 Å². The topological polar surface area (TPSA) is 28.6 Å². The van der Waals surface area contributed by atoms with Crippen LogP contribution in [0.3, 0.4) is 0 Å². The van der Waals surface area contributed by atoms with Crippen molar-refractivity contribution in [1.82, 2.24) is 4.98 Å². The number of anilines is 4. The Morgan fingerprint density at radius 3 is 2.00 bits per heavy atom. The molecule has 6 aromatic carbocycles. The Kier molecular flexibility index (Phi) is 8.46. The van der Waals surface area contributed by atoms with Gasteiger partial charge in [-0.2, -0.15) is 0 Å². The van der Waals surface area contributed by atoms with Crippen LogP contribution in [0.5, 0.6) is 10.8 Å². The van der Waals surface area contributed by atoms with Crippen LogP contribution >= 0.6 is 22.7 Å². The molecule has 272 valence electrons. The van der Waals surface area contributed by atoms with E-state index in [1.807, 2.05) is 6.20 Å². The summed E-state index contributed by atoms with van der Waals surface area (Å²) < 4.78 is 9.29. The molecule has 4 nitrogen and oxygen atoms in total. The highest BCUT2D eigenvalue weighted by molar-refractivity contribution is 7.27. The Labute approximate surface area is 335 Å². The fourth-order valence-electron chi connectivity index (χ4n) is 7.89. The fraction of sp³-hybridized carbons (Fsp3) is 0.100. The third-order valence-electron chi connectivity index (χ3n) is 10.7. The zero-order valence-corrected chi connectivity index (χ0v) is 33.1. The molecule has 0 fully saturated rings. The van der Waals surface area contributed by atoms with Crippen molar-refractivity contribution in [3.8, 4) is 44.3 Å². The third-order valence-corrected chi connectivity index (χ3v) is 12.8. The highest BCUT2D eigenvalue weighted by atomic mass is 32.1. The predicted octanol–water partition coefficient (Wildman–Crippen LogP) is 14.8. The number of benzene rings is 6. The Morgan fingerprint density at radius 1 is 0.607 bits per heavy atom. The lowest BCUT2D eigenvalue weighted by Gasteiger charge is -2.27. The summed E-state index contributed by atoms with van der Waals surface area (Å²) in [6, 6.07) is 56.4. The van der Waals surface area contributed by atoms with E-state index in [2.05, 4.69) is 194 Å². The summed E-state index contributed by atoms with van der Waals surface area (Å²) in [7, 11) is 0. The van der Waals surface area contributed by atoms with Crippen LogP contribution in [0.2, 0.25) is 0 Å². The molecule has 0 radical (unpaired) electrons. The van der Waals surface area contributed by atoms with Gasteiger partial charge in [-0.05, 0) is 81.4 Å². The Morgan fingerprint density at radius 2 is 1.29 bits per heavy atom. The molecule has 0 spiro atoms. The predicted molar refractivity (Wildman–Crippen MR) is 239 cm³/mol. The van der Waals surface area contributed by atoms with Crippen molar-refractivity contribution in [2.45, 2.75) is 26.2 Å². The minimum absolute atomic E-state index is 0.0274. The molecular weight excluding hydrogens is 723 g/mol. The van der Waals surface area contributed by atoms with E-state index in [1.165, 1.54) is 59.4 Å². The van der Waals surface area contributed by atoms with Crippen molar-refractivity contribution in [3.63, 3.8) is 0 Å². The van der Waals surface area contributed by atoms with Gasteiger partial charge >= 0.3 is 0 Å². The van der Waals surface area contributed by atoms with E-state index in [1.54, 1.807) is 22.7 Å². The van der Waals surface area contributed by atoms with E-state index in [0.29, 0.717) is 6.67 Å². The van der Waals surface area contributed by atoms with Crippen LogP contribution < -0.4 is 14.5 Å². The average molecular weight is 762 g/mol. The zero-order chi connectivity index (χ0) is 37.8. The number of hydrogen-bond acceptors (Lipinski definition) is 6. The summed E-state index contributed by atoms with van der Waals surface area (Å²) in [6.07, 6.45) is 1.94. The van der Waals surface area contributed by atoms with Gasteiger partial charge in [0, 0.05) is 46.1 Å². The molecule has 10 rings (SSSR count). The van der Waals surface area contributed by atoms with Crippen LogP contribution in [0.1, 0.15) is 26.3 Å². The highest BCUT2D eigenvalue weighted by Crippen LogP contribution is 2.51. The Balaban J connectivity index is 1.03. The van der Waals surface area contributed by atoms with Gasteiger partial charge in [-0.3, -0.25) is 4.98 Å². The molecule has 0 amide bonds. The highest BCUT2D eigenvalue weighted by Gasteiger charge is 2.31. The lowest BCUT2D eigenvalue weighted by Crippen LogP contribution is -2.24. The number of ether oxygens (including phenoxy) is 1. The number of aromatic nitrogens is 1. The third kappa shape index (κ3) is 6.12. The molecule has 1 aliphatic rings. The first-order valence-electron chi connectivity index (χ1n) is 19.0. The SMILES string of the molecule is CC(C)(C)c1ccnc(-c2cc3ccsc3c3sc(Oc4cccc(N5CN(c6c(-c7ccccc7)cccc6-c6ccccc6)c6ccccc65)c4)cc23)c1. The minimum atomic E-state index is 0.0274. The molecule has 4 heterocycles. The molecule has 9 aromatic rings. The van der Waals surface area contributed by atoms with E-state index >= 15 is 0 Å². The summed E-state index contributed by atoms with van der Waals surface area (Å²) in [5.41, 5.74) is 12.8. The molecule has 0 unspecified atom stereocenters. The second-order valence-corrected chi connectivity index (χ2v) is 17.2. The summed E-state index contributed by atoms with van der Waals surface area (Å²) in [5, 5.41) is 5.44. The van der Waals surface area contributed by atoms with Crippen molar-refractivity contribution >= 4 is 65.6 Å². The second kappa shape index (κ2) is 13.8. The van der Waals surface area contributed by atoms with Gasteiger partial charge in [-0.15, -0.1) is 11.3 Å². The van der Waals surface area contributed by atoms with Crippen molar-refractivity contribution < 1.29 is 4.74 Å². The van der Waals surface area contributed by atoms with Crippen molar-refractivity contribution in [3.05, 3.63) is 175 Å². The number of fused-ring (bicyclic) bond motifs is 4. The quantitative estimate of drug-likeness (QED) is 0.162. The zero-order valence-electron chi connectivity index (χ0n) is 31.4. The smallest absolute Gasteiger partial charge is 0.182 e. The van der Waals surface area contributed by atoms with Crippen LogP contribution in [-0.2, 0) is 5.41 Å². The number of pyridine rings is 1. The molecule has 0 saturated carbocycles. The molecule has 1 aliphatic heterocycles. The number of hydrogen-bond donors (Lipinski definition) is 0. The number of thiophene rings is 2. The van der Waals surface area contributed by atoms with Crippen LogP contribution in [0.15, 0.2) is 169 Å². The maximum Gasteiger partial charge on any atom is 0.182 e. The maximum atomic E-state index is 6.77. The van der Waals surface area contributed by atoms with Gasteiger partial charge in [0.25, 0.3) is 0 Å². The largest absolute Gasteiger partial charge is 0.447 e.